The molecule has 23 heavy (non-hydrogen) atoms. The summed E-state index contributed by atoms with van der Waals surface area (Å²) in [5, 5.41) is 8.78. The van der Waals surface area contributed by atoms with Crippen LogP contribution in [-0.2, 0) is 16.2 Å². The highest BCUT2D eigenvalue weighted by Gasteiger charge is 2.35. The van der Waals surface area contributed by atoms with Crippen LogP contribution in [0.25, 0.3) is 0 Å². The van der Waals surface area contributed by atoms with Gasteiger partial charge in [-0.25, -0.2) is 13.4 Å². The average Bonchev–Trinajstić information content (AvgIpc) is 2.79. The van der Waals surface area contributed by atoms with E-state index in [0.717, 1.165) is 10.3 Å². The van der Waals surface area contributed by atoms with E-state index in [4.69, 9.17) is 0 Å². The molecular weight excluding hydrogens is 337 g/mol. The highest BCUT2D eigenvalue weighted by Crippen LogP contribution is 2.33. The van der Waals surface area contributed by atoms with Crippen molar-refractivity contribution in [2.24, 2.45) is 0 Å². The molecule has 0 saturated carbocycles. The van der Waals surface area contributed by atoms with Crippen LogP contribution in [-0.4, -0.2) is 40.9 Å². The minimum Gasteiger partial charge on any atom is -0.372 e. The average molecular weight is 350 g/mol. The fourth-order valence-electron chi connectivity index (χ4n) is 1.69. The van der Waals surface area contributed by atoms with Crippen molar-refractivity contribution in [1.29, 1.82) is 0 Å². The highest BCUT2D eigenvalue weighted by atomic mass is 32.2. The van der Waals surface area contributed by atoms with Crippen LogP contribution in [0, 0.1) is 6.92 Å². The van der Waals surface area contributed by atoms with Crippen molar-refractivity contribution in [3.8, 4) is 0 Å². The Morgan fingerprint density at radius 2 is 1.96 bits per heavy atom. The van der Waals surface area contributed by atoms with Gasteiger partial charge in [-0.3, -0.25) is 0 Å². The predicted octanol–water partition coefficient (Wildman–Crippen LogP) is 1.59. The van der Waals surface area contributed by atoms with E-state index in [2.05, 4.69) is 25.7 Å². The lowest BCUT2D eigenvalue weighted by atomic mass is 10.3. The molecule has 2 rings (SSSR count). The molecule has 0 unspecified atom stereocenters. The third-order valence-corrected chi connectivity index (χ3v) is 3.66. The molecule has 0 amide bonds. The fraction of sp³-hybridized carbons (Fsp3) is 0.364. The first-order valence-corrected chi connectivity index (χ1v) is 8.03. The molecular formula is C11H13F3N6O2S. The number of anilines is 3. The second-order valence-corrected chi connectivity index (χ2v) is 6.43. The highest BCUT2D eigenvalue weighted by molar-refractivity contribution is 7.89. The zero-order valence-corrected chi connectivity index (χ0v) is 13.1. The van der Waals surface area contributed by atoms with Crippen LogP contribution in [0.1, 0.15) is 11.3 Å². The zero-order chi connectivity index (χ0) is 17.4. The molecule has 2 aromatic rings. The van der Waals surface area contributed by atoms with Gasteiger partial charge in [0.2, 0.25) is 5.95 Å². The molecule has 0 aliphatic rings. The first-order valence-electron chi connectivity index (χ1n) is 6.18. The van der Waals surface area contributed by atoms with E-state index in [9.17, 15) is 21.6 Å². The second-order valence-electron chi connectivity index (χ2n) is 4.59. The summed E-state index contributed by atoms with van der Waals surface area (Å²) in [5.74, 6) is -0.526. The monoisotopic (exact) mass is 350 g/mol. The molecule has 0 saturated heterocycles. The Morgan fingerprint density at radius 1 is 1.30 bits per heavy atom. The number of hydrogen-bond donors (Lipinski definition) is 2. The van der Waals surface area contributed by atoms with Crippen molar-refractivity contribution < 1.29 is 21.6 Å². The van der Waals surface area contributed by atoms with Gasteiger partial charge in [-0.05, 0) is 6.92 Å². The Morgan fingerprint density at radius 3 is 2.43 bits per heavy atom. The van der Waals surface area contributed by atoms with E-state index in [1.54, 1.807) is 0 Å². The Balaban J connectivity index is 2.37. The van der Waals surface area contributed by atoms with E-state index in [0.29, 0.717) is 11.9 Å². The Kier molecular flexibility index (Phi) is 4.20. The summed E-state index contributed by atoms with van der Waals surface area (Å²) in [6.07, 6.45) is -1.80. The molecule has 0 bridgehead atoms. The Hall–Kier alpha value is -2.37. The summed E-state index contributed by atoms with van der Waals surface area (Å²) in [4.78, 5) is 7.32. The van der Waals surface area contributed by atoms with Crippen LogP contribution in [0.2, 0.25) is 0 Å². The Labute approximate surface area is 129 Å². The smallest absolute Gasteiger partial charge is 0.372 e. The molecule has 0 radical (unpaired) electrons. The van der Waals surface area contributed by atoms with E-state index in [1.165, 1.54) is 20.2 Å². The number of alkyl halides is 3. The van der Waals surface area contributed by atoms with Gasteiger partial charge in [-0.2, -0.15) is 27.3 Å². The van der Waals surface area contributed by atoms with Crippen molar-refractivity contribution in [3.63, 3.8) is 0 Å². The normalized spacial score (nSPS) is 12.3. The number of halogens is 3. The van der Waals surface area contributed by atoms with Gasteiger partial charge in [0.1, 0.15) is 11.4 Å². The molecule has 2 N–H and O–H groups in total. The number of nitrogens with zero attached hydrogens (tertiary/aromatic N) is 4. The van der Waals surface area contributed by atoms with Gasteiger partial charge >= 0.3 is 6.18 Å². The Bertz CT molecular complexity index is 831. The van der Waals surface area contributed by atoms with Crippen LogP contribution >= 0.6 is 0 Å². The quantitative estimate of drug-likeness (QED) is 0.863. The van der Waals surface area contributed by atoms with Crippen LogP contribution in [0.3, 0.4) is 0 Å². The number of nitrogens with one attached hydrogen (secondary N) is 2. The second kappa shape index (κ2) is 5.68. The number of aryl methyl sites for hydroxylation is 1. The molecule has 0 fully saturated rings. The van der Waals surface area contributed by atoms with Crippen molar-refractivity contribution in [2.45, 2.75) is 13.1 Å². The summed E-state index contributed by atoms with van der Waals surface area (Å²) in [5.41, 5.74) is -0.420. The maximum atomic E-state index is 12.8. The third kappa shape index (κ3) is 3.70. The summed E-state index contributed by atoms with van der Waals surface area (Å²) in [6.45, 7) is 1.53. The van der Waals surface area contributed by atoms with Gasteiger partial charge in [0.05, 0.1) is 23.8 Å². The van der Waals surface area contributed by atoms with Crippen LogP contribution in [0.4, 0.5) is 30.6 Å². The molecule has 12 heteroatoms. The van der Waals surface area contributed by atoms with E-state index in [-0.39, 0.29) is 11.6 Å². The van der Waals surface area contributed by atoms with E-state index >= 15 is 0 Å². The molecule has 8 nitrogen and oxygen atoms in total. The van der Waals surface area contributed by atoms with Gasteiger partial charge in [0, 0.05) is 13.2 Å². The lowest BCUT2D eigenvalue weighted by Crippen LogP contribution is -2.12. The lowest BCUT2D eigenvalue weighted by Gasteiger charge is -2.12. The number of aromatic nitrogens is 4. The van der Waals surface area contributed by atoms with Crippen molar-refractivity contribution >= 4 is 27.5 Å². The van der Waals surface area contributed by atoms with Gasteiger partial charge < -0.3 is 10.6 Å². The molecule has 2 aromatic heterocycles. The van der Waals surface area contributed by atoms with Crippen molar-refractivity contribution in [1.82, 2.24) is 19.2 Å². The van der Waals surface area contributed by atoms with Crippen LogP contribution < -0.4 is 10.6 Å². The SMILES string of the molecule is CNc1nc(Nc2cn(S(C)(=O)=O)nc2C)ncc1C(F)(F)F. The first-order chi connectivity index (χ1) is 10.5. The summed E-state index contributed by atoms with van der Waals surface area (Å²) in [6, 6.07) is 0. The molecule has 0 atom stereocenters. The summed E-state index contributed by atoms with van der Waals surface area (Å²) in [7, 11) is -2.27. The summed E-state index contributed by atoms with van der Waals surface area (Å²) < 4.78 is 61.9. The van der Waals surface area contributed by atoms with Crippen molar-refractivity contribution in [2.75, 3.05) is 23.9 Å². The van der Waals surface area contributed by atoms with Gasteiger partial charge in [-0.15, -0.1) is 0 Å². The number of hydrogen-bond acceptors (Lipinski definition) is 7. The van der Waals surface area contributed by atoms with Crippen LogP contribution in [0.5, 0.6) is 0 Å². The van der Waals surface area contributed by atoms with Crippen LogP contribution in [0.15, 0.2) is 12.4 Å². The summed E-state index contributed by atoms with van der Waals surface area (Å²) >= 11 is 0. The first kappa shape index (κ1) is 17.0. The molecule has 0 aromatic carbocycles. The molecule has 0 spiro atoms. The molecule has 2 heterocycles. The molecule has 126 valence electrons. The standard InChI is InChI=1S/C11H13F3N6O2S/c1-6-8(5-20(19-6)23(3,21)22)17-10-16-4-7(11(12,13)14)9(15-2)18-10/h4-5H,1-3H3,(H2,15,16,17,18). The minimum atomic E-state index is -4.59. The van der Waals surface area contributed by atoms with E-state index < -0.39 is 27.6 Å². The van der Waals surface area contributed by atoms with E-state index in [1.807, 2.05) is 0 Å². The fourth-order valence-corrected chi connectivity index (χ4v) is 2.26. The lowest BCUT2D eigenvalue weighted by molar-refractivity contribution is -0.137. The predicted molar refractivity (Wildman–Crippen MR) is 77.1 cm³/mol. The maximum Gasteiger partial charge on any atom is 0.421 e. The van der Waals surface area contributed by atoms with Gasteiger partial charge in [0.15, 0.2) is 0 Å². The zero-order valence-electron chi connectivity index (χ0n) is 12.3. The molecule has 0 aliphatic carbocycles. The third-order valence-electron chi connectivity index (χ3n) is 2.80. The topological polar surface area (TPSA) is 102 Å². The van der Waals surface area contributed by atoms with Crippen molar-refractivity contribution in [3.05, 3.63) is 23.7 Å². The van der Waals surface area contributed by atoms with Gasteiger partial charge in [-0.1, -0.05) is 0 Å². The largest absolute Gasteiger partial charge is 0.421 e. The molecule has 0 aliphatic heterocycles. The number of rotatable bonds is 4. The van der Waals surface area contributed by atoms with Gasteiger partial charge in [0.25, 0.3) is 10.0 Å². The maximum absolute atomic E-state index is 12.8. The minimum absolute atomic E-state index is 0.126.